The van der Waals surface area contributed by atoms with E-state index in [1.165, 1.54) is 24.2 Å². The normalized spacial score (nSPS) is 21.7. The van der Waals surface area contributed by atoms with Gasteiger partial charge in [-0.25, -0.2) is 4.79 Å². The number of carbonyl (C=O) groups excluding carboxylic acids is 1. The minimum Gasteiger partial charge on any atom is -0.480 e. The van der Waals surface area contributed by atoms with Crippen LogP contribution >= 0.6 is 0 Å². The Balaban J connectivity index is 1.83. The van der Waals surface area contributed by atoms with Crippen LogP contribution in [0, 0.1) is 5.41 Å². The van der Waals surface area contributed by atoms with E-state index in [2.05, 4.69) is 12.2 Å². The molecule has 2 N–H and O–H groups in total. The lowest BCUT2D eigenvalue weighted by Gasteiger charge is -2.34. The number of carboxylic acids is 1. The highest BCUT2D eigenvalue weighted by atomic mass is 16.4. The first-order valence-electron chi connectivity index (χ1n) is 7.26. The number of rotatable bonds is 5. The van der Waals surface area contributed by atoms with Gasteiger partial charge in [0.05, 0.1) is 0 Å². The standard InChI is InChI=1S/C14H24N2O3/c1-14(7-3-2-4-8-14)10-15-13(19)16(9-12(17)18)11-5-6-11/h11H,2-10H2,1H3,(H,15,19)(H,17,18). The van der Waals surface area contributed by atoms with Crippen molar-refractivity contribution in [3.8, 4) is 0 Å². The zero-order valence-corrected chi connectivity index (χ0v) is 11.7. The van der Waals surface area contributed by atoms with Crippen LogP contribution in [0.5, 0.6) is 0 Å². The van der Waals surface area contributed by atoms with Gasteiger partial charge in [-0.3, -0.25) is 4.79 Å². The molecule has 108 valence electrons. The van der Waals surface area contributed by atoms with E-state index in [0.717, 1.165) is 25.7 Å². The molecule has 2 saturated carbocycles. The molecule has 0 heterocycles. The van der Waals surface area contributed by atoms with E-state index in [4.69, 9.17) is 5.11 Å². The lowest BCUT2D eigenvalue weighted by Crippen LogP contribution is -2.47. The maximum atomic E-state index is 12.1. The molecule has 0 bridgehead atoms. The fourth-order valence-corrected chi connectivity index (χ4v) is 2.87. The van der Waals surface area contributed by atoms with Gasteiger partial charge in [-0.2, -0.15) is 0 Å². The number of hydrogen-bond acceptors (Lipinski definition) is 2. The van der Waals surface area contributed by atoms with Gasteiger partial charge in [-0.15, -0.1) is 0 Å². The minimum absolute atomic E-state index is 0.135. The third kappa shape index (κ3) is 4.11. The first-order chi connectivity index (χ1) is 9.00. The van der Waals surface area contributed by atoms with Crippen molar-refractivity contribution in [2.24, 2.45) is 5.41 Å². The monoisotopic (exact) mass is 268 g/mol. The van der Waals surface area contributed by atoms with Crippen molar-refractivity contribution in [2.45, 2.75) is 57.9 Å². The zero-order valence-electron chi connectivity index (χ0n) is 11.7. The van der Waals surface area contributed by atoms with Crippen LogP contribution in [0.1, 0.15) is 51.9 Å². The summed E-state index contributed by atoms with van der Waals surface area (Å²) in [4.78, 5) is 24.4. The summed E-state index contributed by atoms with van der Waals surface area (Å²) in [7, 11) is 0. The van der Waals surface area contributed by atoms with Crippen LogP contribution in [0.4, 0.5) is 4.79 Å². The van der Waals surface area contributed by atoms with Crippen molar-refractivity contribution >= 4 is 12.0 Å². The van der Waals surface area contributed by atoms with Gasteiger partial charge in [0.25, 0.3) is 0 Å². The summed E-state index contributed by atoms with van der Waals surface area (Å²) in [5.74, 6) is -0.939. The first-order valence-corrected chi connectivity index (χ1v) is 7.26. The second-order valence-corrected chi connectivity index (χ2v) is 6.28. The van der Waals surface area contributed by atoms with E-state index >= 15 is 0 Å². The van der Waals surface area contributed by atoms with Gasteiger partial charge >= 0.3 is 12.0 Å². The van der Waals surface area contributed by atoms with E-state index in [9.17, 15) is 9.59 Å². The highest BCUT2D eigenvalue weighted by Crippen LogP contribution is 2.35. The average molecular weight is 268 g/mol. The van der Waals surface area contributed by atoms with Crippen LogP contribution in [-0.4, -0.2) is 41.1 Å². The molecule has 2 amide bonds. The van der Waals surface area contributed by atoms with Crippen molar-refractivity contribution in [1.29, 1.82) is 0 Å². The molecule has 5 heteroatoms. The number of urea groups is 1. The molecule has 0 aromatic heterocycles. The summed E-state index contributed by atoms with van der Waals surface area (Å²) < 4.78 is 0. The Bertz CT molecular complexity index is 347. The lowest BCUT2D eigenvalue weighted by atomic mass is 9.76. The molecule has 0 aromatic rings. The van der Waals surface area contributed by atoms with Crippen LogP contribution in [0.25, 0.3) is 0 Å². The van der Waals surface area contributed by atoms with Crippen LogP contribution < -0.4 is 5.32 Å². The maximum Gasteiger partial charge on any atom is 0.323 e. The summed E-state index contributed by atoms with van der Waals surface area (Å²) >= 11 is 0. The number of amides is 2. The highest BCUT2D eigenvalue weighted by Gasteiger charge is 2.35. The van der Waals surface area contributed by atoms with Gasteiger partial charge < -0.3 is 15.3 Å². The molecule has 2 aliphatic carbocycles. The molecule has 0 spiro atoms. The van der Waals surface area contributed by atoms with Crippen LogP contribution in [0.3, 0.4) is 0 Å². The molecule has 2 aliphatic rings. The molecule has 2 fully saturated rings. The summed E-state index contributed by atoms with van der Waals surface area (Å²) in [5.41, 5.74) is 0.187. The molecule has 19 heavy (non-hydrogen) atoms. The van der Waals surface area contributed by atoms with Crippen molar-refractivity contribution < 1.29 is 14.7 Å². The van der Waals surface area contributed by atoms with Crippen molar-refractivity contribution in [1.82, 2.24) is 10.2 Å². The van der Waals surface area contributed by atoms with E-state index in [1.807, 2.05) is 0 Å². The molecule has 5 nitrogen and oxygen atoms in total. The quantitative estimate of drug-likeness (QED) is 0.803. The molecule has 2 rings (SSSR count). The highest BCUT2D eigenvalue weighted by molar-refractivity contribution is 5.80. The number of carbonyl (C=O) groups is 2. The maximum absolute atomic E-state index is 12.1. The molecule has 0 atom stereocenters. The molecule has 0 unspecified atom stereocenters. The Kier molecular flexibility index (Phi) is 4.32. The molecule has 0 radical (unpaired) electrons. The molecule has 0 aliphatic heterocycles. The van der Waals surface area contributed by atoms with Gasteiger partial charge in [-0.1, -0.05) is 26.2 Å². The second-order valence-electron chi connectivity index (χ2n) is 6.28. The van der Waals surface area contributed by atoms with Gasteiger partial charge in [0.1, 0.15) is 6.54 Å². The first kappa shape index (κ1) is 14.2. The van der Waals surface area contributed by atoms with E-state index < -0.39 is 5.97 Å². The number of hydrogen-bond donors (Lipinski definition) is 2. The largest absolute Gasteiger partial charge is 0.480 e. The smallest absolute Gasteiger partial charge is 0.323 e. The SMILES string of the molecule is CC1(CNC(=O)N(CC(=O)O)C2CC2)CCCCC1. The third-order valence-electron chi connectivity index (χ3n) is 4.28. The Hall–Kier alpha value is -1.26. The molecule has 0 aromatic carbocycles. The Labute approximate surface area is 114 Å². The van der Waals surface area contributed by atoms with E-state index in [-0.39, 0.29) is 24.0 Å². The number of carboxylic acid groups (broad SMARTS) is 1. The Morgan fingerprint density at radius 2 is 1.89 bits per heavy atom. The molecular formula is C14H24N2O3. The van der Waals surface area contributed by atoms with Crippen molar-refractivity contribution in [3.05, 3.63) is 0 Å². The molecule has 0 saturated heterocycles. The fraction of sp³-hybridized carbons (Fsp3) is 0.857. The van der Waals surface area contributed by atoms with Crippen LogP contribution in [-0.2, 0) is 4.79 Å². The second kappa shape index (κ2) is 5.80. The van der Waals surface area contributed by atoms with Gasteiger partial charge in [-0.05, 0) is 31.1 Å². The summed E-state index contributed by atoms with van der Waals surface area (Å²) in [6.07, 6.45) is 7.90. The predicted molar refractivity (Wildman–Crippen MR) is 72.0 cm³/mol. The Morgan fingerprint density at radius 1 is 1.26 bits per heavy atom. The van der Waals surface area contributed by atoms with E-state index in [0.29, 0.717) is 6.54 Å². The predicted octanol–water partition coefficient (Wildman–Crippen LogP) is 2.22. The van der Waals surface area contributed by atoms with Gasteiger partial charge in [0.15, 0.2) is 0 Å². The zero-order chi connectivity index (χ0) is 13.9. The Morgan fingerprint density at radius 3 is 2.42 bits per heavy atom. The topological polar surface area (TPSA) is 69.6 Å². The third-order valence-corrected chi connectivity index (χ3v) is 4.28. The average Bonchev–Trinajstić information content (AvgIpc) is 3.18. The summed E-state index contributed by atoms with van der Waals surface area (Å²) in [5, 5.41) is 11.8. The number of nitrogens with zero attached hydrogens (tertiary/aromatic N) is 1. The van der Waals surface area contributed by atoms with E-state index in [1.54, 1.807) is 0 Å². The lowest BCUT2D eigenvalue weighted by molar-refractivity contribution is -0.137. The van der Waals surface area contributed by atoms with Crippen molar-refractivity contribution in [2.75, 3.05) is 13.1 Å². The summed E-state index contributed by atoms with van der Waals surface area (Å²) in [6, 6.07) is -0.0769. The van der Waals surface area contributed by atoms with Gasteiger partial charge in [0, 0.05) is 12.6 Å². The number of nitrogens with one attached hydrogen (secondary N) is 1. The number of aliphatic carboxylic acids is 1. The van der Waals surface area contributed by atoms with Crippen molar-refractivity contribution in [3.63, 3.8) is 0 Å². The van der Waals surface area contributed by atoms with Crippen LogP contribution in [0.2, 0.25) is 0 Å². The molecular weight excluding hydrogens is 244 g/mol. The minimum atomic E-state index is -0.939. The van der Waals surface area contributed by atoms with Gasteiger partial charge in [0.2, 0.25) is 0 Å². The fourth-order valence-electron chi connectivity index (χ4n) is 2.87. The van der Waals surface area contributed by atoms with Crippen LogP contribution in [0.15, 0.2) is 0 Å². The summed E-state index contributed by atoms with van der Waals surface area (Å²) in [6.45, 7) is 2.69.